The van der Waals surface area contributed by atoms with E-state index in [2.05, 4.69) is 5.32 Å². The van der Waals surface area contributed by atoms with Gasteiger partial charge in [-0.2, -0.15) is 0 Å². The van der Waals surface area contributed by atoms with E-state index in [1.165, 1.54) is 30.1 Å². The predicted octanol–water partition coefficient (Wildman–Crippen LogP) is 2.03. The molecular weight excluding hydrogens is 378 g/mol. The number of amides is 1. The fourth-order valence-corrected chi connectivity index (χ4v) is 4.54. The minimum absolute atomic E-state index is 0. The molecule has 136 valence electrons. The highest BCUT2D eigenvalue weighted by atomic mass is 35.5. The number of piperidine rings is 1. The molecule has 0 unspecified atom stereocenters. The van der Waals surface area contributed by atoms with E-state index >= 15 is 0 Å². The first-order chi connectivity index (χ1) is 10.7. The van der Waals surface area contributed by atoms with Gasteiger partial charge in [0.25, 0.3) is 0 Å². The third kappa shape index (κ3) is 4.20. The number of nitrogens with zero attached hydrogens (tertiary/aromatic N) is 1. The Balaban J connectivity index is 0.00000288. The first-order valence-corrected chi connectivity index (χ1v) is 9.54. The zero-order valence-electron chi connectivity index (χ0n) is 13.5. The van der Waals surface area contributed by atoms with E-state index in [4.69, 9.17) is 11.6 Å². The quantitative estimate of drug-likeness (QED) is 0.842. The lowest BCUT2D eigenvalue weighted by Crippen LogP contribution is -2.57. The first-order valence-electron chi connectivity index (χ1n) is 7.27. The number of hydrogen-bond donors (Lipinski definition) is 1. The van der Waals surface area contributed by atoms with Gasteiger partial charge in [0, 0.05) is 24.9 Å². The zero-order chi connectivity index (χ0) is 17.3. The highest BCUT2D eigenvalue weighted by Gasteiger charge is 2.49. The van der Waals surface area contributed by atoms with Gasteiger partial charge in [0.05, 0.1) is 0 Å². The number of halogens is 3. The molecule has 1 aromatic carbocycles. The van der Waals surface area contributed by atoms with Crippen LogP contribution in [0.1, 0.15) is 18.4 Å². The predicted molar refractivity (Wildman–Crippen MR) is 94.8 cm³/mol. The van der Waals surface area contributed by atoms with Crippen LogP contribution in [0.4, 0.5) is 4.39 Å². The molecule has 1 N–H and O–H groups in total. The summed E-state index contributed by atoms with van der Waals surface area (Å²) < 4.78 is 36.2. The van der Waals surface area contributed by atoms with Gasteiger partial charge in [-0.15, -0.1) is 12.4 Å². The maximum Gasteiger partial charge on any atom is 0.244 e. The summed E-state index contributed by atoms with van der Waals surface area (Å²) >= 11 is 5.98. The normalized spacial score (nSPS) is 17.0. The van der Waals surface area contributed by atoms with Gasteiger partial charge >= 0.3 is 0 Å². The van der Waals surface area contributed by atoms with Crippen molar-refractivity contribution >= 4 is 39.8 Å². The highest BCUT2D eigenvalue weighted by Crippen LogP contribution is 2.30. The molecule has 0 aromatic heterocycles. The number of sulfone groups is 1. The monoisotopic (exact) mass is 398 g/mol. The Labute approximate surface area is 152 Å². The Morgan fingerprint density at radius 1 is 1.38 bits per heavy atom. The van der Waals surface area contributed by atoms with Gasteiger partial charge in [-0.05, 0) is 43.6 Å². The highest BCUT2D eigenvalue weighted by molar-refractivity contribution is 7.92. The maximum atomic E-state index is 13.1. The summed E-state index contributed by atoms with van der Waals surface area (Å²) in [6.07, 6.45) is 1.59. The van der Waals surface area contributed by atoms with E-state index in [-0.39, 0.29) is 36.8 Å². The van der Waals surface area contributed by atoms with Gasteiger partial charge < -0.3 is 10.2 Å². The fourth-order valence-electron chi connectivity index (χ4n) is 2.90. The topological polar surface area (TPSA) is 66.5 Å². The molecule has 24 heavy (non-hydrogen) atoms. The van der Waals surface area contributed by atoms with Crippen molar-refractivity contribution in [3.63, 3.8) is 0 Å². The molecule has 1 amide bonds. The Kier molecular flexibility index (Phi) is 7.04. The smallest absolute Gasteiger partial charge is 0.244 e. The molecule has 1 heterocycles. The van der Waals surface area contributed by atoms with Crippen molar-refractivity contribution in [1.82, 2.24) is 10.2 Å². The van der Waals surface area contributed by atoms with Gasteiger partial charge in [-0.1, -0.05) is 17.7 Å². The summed E-state index contributed by atoms with van der Waals surface area (Å²) in [4.78, 5) is 14.2. The second kappa shape index (κ2) is 7.99. The second-order valence-corrected chi connectivity index (χ2v) is 8.65. The molecule has 0 aliphatic carbocycles. The van der Waals surface area contributed by atoms with Crippen LogP contribution < -0.4 is 5.32 Å². The number of rotatable bonds is 4. The largest absolute Gasteiger partial charge is 0.340 e. The van der Waals surface area contributed by atoms with Crippen LogP contribution in [0.15, 0.2) is 18.2 Å². The SMILES string of the molecule is CN(Cc1ccc(F)cc1Cl)C(=O)C1(S(C)(=O)=O)CCNCC1.Cl. The van der Waals surface area contributed by atoms with Gasteiger partial charge in [0.2, 0.25) is 5.91 Å². The van der Waals surface area contributed by atoms with Crippen LogP contribution >= 0.6 is 24.0 Å². The summed E-state index contributed by atoms with van der Waals surface area (Å²) in [6.45, 7) is 1.08. The summed E-state index contributed by atoms with van der Waals surface area (Å²) in [5.41, 5.74) is 0.571. The van der Waals surface area contributed by atoms with Gasteiger partial charge in [-0.3, -0.25) is 4.79 Å². The van der Waals surface area contributed by atoms with Crippen molar-refractivity contribution in [3.8, 4) is 0 Å². The van der Waals surface area contributed by atoms with E-state index in [9.17, 15) is 17.6 Å². The number of benzene rings is 1. The van der Waals surface area contributed by atoms with Gasteiger partial charge in [0.1, 0.15) is 5.82 Å². The minimum atomic E-state index is -3.57. The summed E-state index contributed by atoms with van der Waals surface area (Å²) in [6, 6.07) is 3.93. The van der Waals surface area contributed by atoms with Gasteiger partial charge in [0.15, 0.2) is 14.6 Å². The van der Waals surface area contributed by atoms with Crippen LogP contribution in [-0.4, -0.2) is 50.4 Å². The molecule has 1 aliphatic heterocycles. The van der Waals surface area contributed by atoms with Crippen LogP contribution in [-0.2, 0) is 21.2 Å². The van der Waals surface area contributed by atoms with Crippen molar-refractivity contribution in [3.05, 3.63) is 34.6 Å². The molecule has 0 saturated carbocycles. The number of carbonyl (C=O) groups is 1. The zero-order valence-corrected chi connectivity index (χ0v) is 15.9. The molecule has 1 aromatic rings. The third-order valence-corrected chi connectivity index (χ3v) is 6.63. The fraction of sp³-hybridized carbons (Fsp3) is 0.533. The first kappa shape index (κ1) is 21.2. The lowest BCUT2D eigenvalue weighted by molar-refractivity contribution is -0.134. The molecule has 0 spiro atoms. The molecule has 1 aliphatic rings. The van der Waals surface area contributed by atoms with Crippen molar-refractivity contribution in [2.24, 2.45) is 0 Å². The van der Waals surface area contributed by atoms with E-state index in [1.54, 1.807) is 0 Å². The van der Waals surface area contributed by atoms with E-state index in [1.807, 2.05) is 0 Å². The van der Waals surface area contributed by atoms with Crippen molar-refractivity contribution < 1.29 is 17.6 Å². The van der Waals surface area contributed by atoms with E-state index in [0.717, 1.165) is 6.26 Å². The molecule has 1 fully saturated rings. The second-order valence-electron chi connectivity index (χ2n) is 5.91. The number of hydrogen-bond acceptors (Lipinski definition) is 4. The molecule has 2 rings (SSSR count). The average molecular weight is 399 g/mol. The van der Waals surface area contributed by atoms with E-state index in [0.29, 0.717) is 18.7 Å². The maximum absolute atomic E-state index is 13.1. The summed E-state index contributed by atoms with van der Waals surface area (Å²) in [5.74, 6) is -0.902. The Morgan fingerprint density at radius 2 is 1.96 bits per heavy atom. The number of carbonyl (C=O) groups excluding carboxylic acids is 1. The molecule has 5 nitrogen and oxygen atoms in total. The van der Waals surface area contributed by atoms with Crippen molar-refractivity contribution in [2.45, 2.75) is 24.1 Å². The number of nitrogens with one attached hydrogen (secondary N) is 1. The van der Waals surface area contributed by atoms with Crippen molar-refractivity contribution in [2.75, 3.05) is 26.4 Å². The molecule has 0 bridgehead atoms. The van der Waals surface area contributed by atoms with Crippen molar-refractivity contribution in [1.29, 1.82) is 0 Å². The minimum Gasteiger partial charge on any atom is -0.340 e. The van der Waals surface area contributed by atoms with Crippen LogP contribution in [0.2, 0.25) is 5.02 Å². The van der Waals surface area contributed by atoms with Crippen LogP contribution in [0, 0.1) is 5.82 Å². The molecular formula is C15H21Cl2FN2O3S. The Morgan fingerprint density at radius 3 is 2.46 bits per heavy atom. The molecule has 0 radical (unpaired) electrons. The lowest BCUT2D eigenvalue weighted by atomic mass is 9.95. The molecule has 0 atom stereocenters. The van der Waals surface area contributed by atoms with Crippen LogP contribution in [0.5, 0.6) is 0 Å². The van der Waals surface area contributed by atoms with Crippen LogP contribution in [0.25, 0.3) is 0 Å². The van der Waals surface area contributed by atoms with Crippen LogP contribution in [0.3, 0.4) is 0 Å². The summed E-state index contributed by atoms with van der Waals surface area (Å²) in [7, 11) is -2.03. The Hall–Kier alpha value is -0.890. The Bertz CT molecular complexity index is 707. The average Bonchev–Trinajstić information content (AvgIpc) is 2.49. The molecule has 9 heteroatoms. The van der Waals surface area contributed by atoms with Gasteiger partial charge in [-0.25, -0.2) is 12.8 Å². The lowest BCUT2D eigenvalue weighted by Gasteiger charge is -2.37. The standard InChI is InChI=1S/C15H20ClFN2O3S.ClH/c1-19(10-11-3-4-12(17)9-13(11)16)14(20)15(23(2,21)22)5-7-18-8-6-15;/h3-4,9,18H,5-8,10H2,1-2H3;1H. The summed E-state index contributed by atoms with van der Waals surface area (Å²) in [5, 5.41) is 3.28. The van der Waals surface area contributed by atoms with E-state index < -0.39 is 26.3 Å². The third-order valence-electron chi connectivity index (χ3n) is 4.28. The molecule has 1 saturated heterocycles.